The zero-order valence-electron chi connectivity index (χ0n) is 10.7. The Balaban J connectivity index is 1.68. The van der Waals surface area contributed by atoms with Gasteiger partial charge in [0.15, 0.2) is 0 Å². The molecular formula is C14H18ClN3O. The first-order valence-electron chi connectivity index (χ1n) is 6.73. The third-order valence-electron chi connectivity index (χ3n) is 3.89. The number of nitrogens with one attached hydrogen (secondary N) is 1. The molecule has 1 aromatic carbocycles. The van der Waals surface area contributed by atoms with Crippen molar-refractivity contribution in [2.45, 2.75) is 31.3 Å². The number of hydrogen-bond donors (Lipinski definition) is 2. The van der Waals surface area contributed by atoms with Crippen LogP contribution in [0.25, 0.3) is 0 Å². The molecule has 1 aromatic rings. The molecule has 1 amide bonds. The van der Waals surface area contributed by atoms with Crippen LogP contribution in [-0.4, -0.2) is 36.0 Å². The number of carbonyl (C=O) groups excluding carboxylic acids is 1. The fourth-order valence-corrected chi connectivity index (χ4v) is 2.86. The molecule has 2 aliphatic rings. The van der Waals surface area contributed by atoms with Crippen LogP contribution in [0.1, 0.15) is 29.6 Å². The van der Waals surface area contributed by atoms with Gasteiger partial charge >= 0.3 is 0 Å². The largest absolute Gasteiger partial charge is 0.380 e. The molecule has 1 unspecified atom stereocenters. The number of hydrogen-bond acceptors (Lipinski definition) is 3. The van der Waals surface area contributed by atoms with Crippen molar-refractivity contribution < 1.29 is 4.79 Å². The van der Waals surface area contributed by atoms with Crippen molar-refractivity contribution >= 4 is 23.2 Å². The molecule has 5 heteroatoms. The number of amides is 1. The van der Waals surface area contributed by atoms with Crippen LogP contribution in [0.15, 0.2) is 18.2 Å². The van der Waals surface area contributed by atoms with Crippen LogP contribution in [0.2, 0.25) is 5.02 Å². The first-order valence-corrected chi connectivity index (χ1v) is 7.11. The summed E-state index contributed by atoms with van der Waals surface area (Å²) < 4.78 is 0. The summed E-state index contributed by atoms with van der Waals surface area (Å²) in [6.45, 7) is 2.21. The first kappa shape index (κ1) is 12.8. The number of nitrogens with two attached hydrogens (primary N) is 1. The Kier molecular flexibility index (Phi) is 3.37. The molecule has 3 N–H and O–H groups in total. The van der Waals surface area contributed by atoms with Crippen LogP contribution >= 0.6 is 11.6 Å². The molecule has 4 nitrogen and oxygen atoms in total. The quantitative estimate of drug-likeness (QED) is 0.887. The Morgan fingerprint density at radius 2 is 2.16 bits per heavy atom. The number of likely N-dealkylation sites (tertiary alicyclic amines) is 1. The summed E-state index contributed by atoms with van der Waals surface area (Å²) in [5.74, 6) is -0.425. The monoisotopic (exact) mass is 279 g/mol. The van der Waals surface area contributed by atoms with Gasteiger partial charge in [-0.1, -0.05) is 11.6 Å². The maximum absolute atomic E-state index is 11.2. The minimum absolute atomic E-state index is 0.404. The van der Waals surface area contributed by atoms with Crippen LogP contribution in [-0.2, 0) is 0 Å². The summed E-state index contributed by atoms with van der Waals surface area (Å²) in [4.78, 5) is 13.7. The summed E-state index contributed by atoms with van der Waals surface area (Å²) in [6.07, 6.45) is 3.79. The normalized spacial score (nSPS) is 23.5. The molecule has 0 spiro atoms. The van der Waals surface area contributed by atoms with E-state index in [1.807, 2.05) is 0 Å². The van der Waals surface area contributed by atoms with Gasteiger partial charge in [0, 0.05) is 30.7 Å². The van der Waals surface area contributed by atoms with E-state index < -0.39 is 5.91 Å². The van der Waals surface area contributed by atoms with E-state index in [1.54, 1.807) is 18.2 Å². The van der Waals surface area contributed by atoms with Gasteiger partial charge in [-0.3, -0.25) is 9.69 Å². The van der Waals surface area contributed by atoms with Gasteiger partial charge < -0.3 is 11.1 Å². The molecule has 0 aromatic heterocycles. The van der Waals surface area contributed by atoms with E-state index in [1.165, 1.54) is 12.8 Å². The Morgan fingerprint density at radius 1 is 1.37 bits per heavy atom. The van der Waals surface area contributed by atoms with Crippen LogP contribution in [0.5, 0.6) is 0 Å². The van der Waals surface area contributed by atoms with E-state index in [9.17, 15) is 4.79 Å². The number of rotatable bonds is 4. The highest BCUT2D eigenvalue weighted by Crippen LogP contribution is 2.31. The lowest BCUT2D eigenvalue weighted by molar-refractivity contribution is 0.100. The number of benzene rings is 1. The minimum Gasteiger partial charge on any atom is -0.380 e. The Bertz CT molecular complexity index is 501. The zero-order chi connectivity index (χ0) is 13.4. The standard InChI is InChI=1S/C14H18ClN3O/c15-12-4-1-9(14(16)19)7-13(12)17-10-5-6-18(8-10)11-2-3-11/h1,4,7,10-11,17H,2-3,5-6,8H2,(H2,16,19). The molecule has 1 saturated carbocycles. The van der Waals surface area contributed by atoms with Gasteiger partial charge in [-0.25, -0.2) is 0 Å². The fraction of sp³-hybridized carbons (Fsp3) is 0.500. The van der Waals surface area contributed by atoms with Crippen LogP contribution < -0.4 is 11.1 Å². The van der Waals surface area contributed by atoms with E-state index in [0.29, 0.717) is 16.6 Å². The van der Waals surface area contributed by atoms with Crippen molar-refractivity contribution in [1.29, 1.82) is 0 Å². The van der Waals surface area contributed by atoms with Crippen molar-refractivity contribution in [1.82, 2.24) is 4.90 Å². The molecule has 102 valence electrons. The second-order valence-corrected chi connectivity index (χ2v) is 5.82. The van der Waals surface area contributed by atoms with E-state index in [0.717, 1.165) is 31.2 Å². The lowest BCUT2D eigenvalue weighted by Gasteiger charge is -2.17. The topological polar surface area (TPSA) is 58.4 Å². The second kappa shape index (κ2) is 5.02. The molecule has 1 saturated heterocycles. The van der Waals surface area contributed by atoms with Crippen LogP contribution in [0, 0.1) is 0 Å². The molecule has 1 atom stereocenters. The van der Waals surface area contributed by atoms with E-state index >= 15 is 0 Å². The zero-order valence-corrected chi connectivity index (χ0v) is 11.5. The predicted molar refractivity (Wildman–Crippen MR) is 76.6 cm³/mol. The fourth-order valence-electron chi connectivity index (χ4n) is 2.69. The lowest BCUT2D eigenvalue weighted by atomic mass is 10.1. The van der Waals surface area contributed by atoms with Gasteiger partial charge in [-0.2, -0.15) is 0 Å². The molecular weight excluding hydrogens is 262 g/mol. The van der Waals surface area contributed by atoms with Crippen LogP contribution in [0.4, 0.5) is 5.69 Å². The molecule has 3 rings (SSSR count). The minimum atomic E-state index is -0.425. The predicted octanol–water partition coefficient (Wildman–Crippen LogP) is 2.09. The molecule has 0 bridgehead atoms. The van der Waals surface area contributed by atoms with Crippen molar-refractivity contribution in [3.05, 3.63) is 28.8 Å². The number of primary amides is 1. The lowest BCUT2D eigenvalue weighted by Crippen LogP contribution is -2.27. The Hall–Kier alpha value is -1.26. The van der Waals surface area contributed by atoms with E-state index in [-0.39, 0.29) is 0 Å². The number of anilines is 1. The van der Waals surface area contributed by atoms with Crippen LogP contribution in [0.3, 0.4) is 0 Å². The van der Waals surface area contributed by atoms with Crippen molar-refractivity contribution in [3.8, 4) is 0 Å². The SMILES string of the molecule is NC(=O)c1ccc(Cl)c(NC2CCN(C3CC3)C2)c1. The molecule has 2 fully saturated rings. The number of carbonyl (C=O) groups is 1. The third-order valence-corrected chi connectivity index (χ3v) is 4.22. The molecule has 1 aliphatic heterocycles. The van der Waals surface area contributed by atoms with Gasteiger partial charge in [-0.15, -0.1) is 0 Å². The maximum atomic E-state index is 11.2. The average Bonchev–Trinajstić information content (AvgIpc) is 3.13. The summed E-state index contributed by atoms with van der Waals surface area (Å²) in [6, 6.07) is 6.32. The average molecular weight is 280 g/mol. The number of nitrogens with zero attached hydrogens (tertiary/aromatic N) is 1. The summed E-state index contributed by atoms with van der Waals surface area (Å²) in [5.41, 5.74) is 6.59. The van der Waals surface area contributed by atoms with E-state index in [4.69, 9.17) is 17.3 Å². The van der Waals surface area contributed by atoms with Gasteiger partial charge in [0.05, 0.1) is 10.7 Å². The molecule has 0 radical (unpaired) electrons. The highest BCUT2D eigenvalue weighted by molar-refractivity contribution is 6.33. The first-order chi connectivity index (χ1) is 9.13. The summed E-state index contributed by atoms with van der Waals surface area (Å²) in [7, 11) is 0. The van der Waals surface area contributed by atoms with Gasteiger partial charge in [0.2, 0.25) is 5.91 Å². The highest BCUT2D eigenvalue weighted by atomic mass is 35.5. The molecule has 1 heterocycles. The number of halogens is 1. The summed E-state index contributed by atoms with van der Waals surface area (Å²) in [5, 5.41) is 4.07. The van der Waals surface area contributed by atoms with Gasteiger partial charge in [0.1, 0.15) is 0 Å². The second-order valence-electron chi connectivity index (χ2n) is 5.41. The molecule has 19 heavy (non-hydrogen) atoms. The highest BCUT2D eigenvalue weighted by Gasteiger charge is 2.34. The van der Waals surface area contributed by atoms with Gasteiger partial charge in [-0.05, 0) is 37.5 Å². The Labute approximate surface area is 117 Å². The Morgan fingerprint density at radius 3 is 2.84 bits per heavy atom. The van der Waals surface area contributed by atoms with Crippen molar-refractivity contribution in [2.75, 3.05) is 18.4 Å². The smallest absolute Gasteiger partial charge is 0.248 e. The van der Waals surface area contributed by atoms with Gasteiger partial charge in [0.25, 0.3) is 0 Å². The molecule has 1 aliphatic carbocycles. The van der Waals surface area contributed by atoms with E-state index in [2.05, 4.69) is 10.2 Å². The third kappa shape index (κ3) is 2.85. The van der Waals surface area contributed by atoms with Crippen molar-refractivity contribution in [3.63, 3.8) is 0 Å². The summed E-state index contributed by atoms with van der Waals surface area (Å²) >= 11 is 6.16. The maximum Gasteiger partial charge on any atom is 0.248 e. The van der Waals surface area contributed by atoms with Crippen molar-refractivity contribution in [2.24, 2.45) is 5.73 Å².